The molecule has 0 amide bonds. The standard InChI is InChI=1S/C40H76O6/c1-4-7-10-13-15-17-19-20-21-23-25-28-30-33-39(42)45-36-37(46-40(43)34-31-26-12-9-6-3)35-44-38(41)32-29-27-24-22-18-16-14-11-8-5-2/h37H,4-36H2,1-3H3/t37-/m1/s1. The van der Waals surface area contributed by atoms with E-state index < -0.39 is 6.10 Å². The van der Waals surface area contributed by atoms with Gasteiger partial charge in [0.2, 0.25) is 0 Å². The van der Waals surface area contributed by atoms with Crippen molar-refractivity contribution < 1.29 is 28.6 Å². The van der Waals surface area contributed by atoms with Gasteiger partial charge in [0.15, 0.2) is 6.10 Å². The van der Waals surface area contributed by atoms with E-state index in [1.54, 1.807) is 0 Å². The number of hydrogen-bond donors (Lipinski definition) is 0. The van der Waals surface area contributed by atoms with Crippen molar-refractivity contribution in [3.8, 4) is 0 Å². The van der Waals surface area contributed by atoms with Crippen molar-refractivity contribution in [1.82, 2.24) is 0 Å². The van der Waals surface area contributed by atoms with Gasteiger partial charge >= 0.3 is 17.9 Å². The van der Waals surface area contributed by atoms with Gasteiger partial charge in [-0.15, -0.1) is 0 Å². The van der Waals surface area contributed by atoms with Crippen molar-refractivity contribution in [2.24, 2.45) is 0 Å². The average Bonchev–Trinajstić information content (AvgIpc) is 3.05. The van der Waals surface area contributed by atoms with Crippen molar-refractivity contribution in [2.45, 2.75) is 226 Å². The number of esters is 3. The Balaban J connectivity index is 4.19. The van der Waals surface area contributed by atoms with Crippen LogP contribution in [0.2, 0.25) is 0 Å². The van der Waals surface area contributed by atoms with Gasteiger partial charge in [0, 0.05) is 19.3 Å². The third-order valence-electron chi connectivity index (χ3n) is 8.86. The lowest BCUT2D eigenvalue weighted by molar-refractivity contribution is -0.167. The van der Waals surface area contributed by atoms with Gasteiger partial charge in [-0.1, -0.05) is 181 Å². The zero-order valence-electron chi connectivity index (χ0n) is 30.9. The van der Waals surface area contributed by atoms with Crippen LogP contribution >= 0.6 is 0 Å². The van der Waals surface area contributed by atoms with Crippen LogP contribution in [-0.2, 0) is 28.6 Å². The zero-order chi connectivity index (χ0) is 33.8. The first kappa shape index (κ1) is 44.4. The first-order valence-electron chi connectivity index (χ1n) is 20.0. The first-order valence-corrected chi connectivity index (χ1v) is 20.0. The Labute approximate surface area is 285 Å². The van der Waals surface area contributed by atoms with Crippen LogP contribution < -0.4 is 0 Å². The average molecular weight is 653 g/mol. The molecule has 0 unspecified atom stereocenters. The second-order valence-electron chi connectivity index (χ2n) is 13.6. The highest BCUT2D eigenvalue weighted by atomic mass is 16.6. The molecule has 0 N–H and O–H groups in total. The fourth-order valence-electron chi connectivity index (χ4n) is 5.79. The Morgan fingerprint density at radius 1 is 0.348 bits per heavy atom. The van der Waals surface area contributed by atoms with E-state index in [0.29, 0.717) is 19.3 Å². The molecule has 0 rings (SSSR count). The lowest BCUT2D eigenvalue weighted by Crippen LogP contribution is -2.30. The number of hydrogen-bond acceptors (Lipinski definition) is 6. The second kappa shape index (κ2) is 36.2. The molecule has 0 radical (unpaired) electrons. The summed E-state index contributed by atoms with van der Waals surface area (Å²) in [6, 6.07) is 0. The topological polar surface area (TPSA) is 78.9 Å². The van der Waals surface area contributed by atoms with Crippen molar-refractivity contribution in [3.05, 3.63) is 0 Å². The van der Waals surface area contributed by atoms with E-state index in [2.05, 4.69) is 20.8 Å². The van der Waals surface area contributed by atoms with E-state index in [9.17, 15) is 14.4 Å². The summed E-state index contributed by atoms with van der Waals surface area (Å²) in [5.41, 5.74) is 0. The summed E-state index contributed by atoms with van der Waals surface area (Å²) in [6.07, 6.45) is 34.0. The van der Waals surface area contributed by atoms with E-state index in [1.165, 1.54) is 116 Å². The van der Waals surface area contributed by atoms with E-state index in [-0.39, 0.29) is 31.1 Å². The molecular weight excluding hydrogens is 576 g/mol. The SMILES string of the molecule is CCCCCCCCCCCCCCCC(=O)OC[C@@H](COC(=O)CCCCCCCCCCCC)OC(=O)CCCCCCC. The van der Waals surface area contributed by atoms with Gasteiger partial charge in [0.1, 0.15) is 13.2 Å². The molecule has 1 atom stereocenters. The Hall–Kier alpha value is -1.59. The van der Waals surface area contributed by atoms with Crippen LogP contribution in [0, 0.1) is 0 Å². The van der Waals surface area contributed by atoms with Gasteiger partial charge in [-0.05, 0) is 19.3 Å². The van der Waals surface area contributed by atoms with E-state index >= 15 is 0 Å². The molecule has 0 aliphatic rings. The summed E-state index contributed by atoms with van der Waals surface area (Å²) in [5.74, 6) is -0.876. The summed E-state index contributed by atoms with van der Waals surface area (Å²) in [6.45, 7) is 6.53. The number of rotatable bonds is 36. The van der Waals surface area contributed by atoms with Crippen molar-refractivity contribution in [3.63, 3.8) is 0 Å². The summed E-state index contributed by atoms with van der Waals surface area (Å²) < 4.78 is 16.5. The van der Waals surface area contributed by atoms with Crippen LogP contribution in [0.4, 0.5) is 0 Å². The Morgan fingerprint density at radius 3 is 0.870 bits per heavy atom. The molecule has 0 aromatic heterocycles. The summed E-state index contributed by atoms with van der Waals surface area (Å²) in [7, 11) is 0. The molecule has 272 valence electrons. The van der Waals surface area contributed by atoms with Gasteiger partial charge in [0.05, 0.1) is 0 Å². The predicted molar refractivity (Wildman–Crippen MR) is 192 cm³/mol. The van der Waals surface area contributed by atoms with Gasteiger partial charge in [-0.3, -0.25) is 14.4 Å². The summed E-state index contributed by atoms with van der Waals surface area (Å²) in [5, 5.41) is 0. The van der Waals surface area contributed by atoms with E-state index in [0.717, 1.165) is 64.2 Å². The smallest absolute Gasteiger partial charge is 0.306 e. The van der Waals surface area contributed by atoms with E-state index in [1.807, 2.05) is 0 Å². The maximum Gasteiger partial charge on any atom is 0.306 e. The van der Waals surface area contributed by atoms with Crippen molar-refractivity contribution in [1.29, 1.82) is 0 Å². The molecule has 0 saturated heterocycles. The minimum Gasteiger partial charge on any atom is -0.462 e. The fraction of sp³-hybridized carbons (Fsp3) is 0.925. The van der Waals surface area contributed by atoms with Crippen LogP contribution in [0.15, 0.2) is 0 Å². The number of ether oxygens (including phenoxy) is 3. The molecule has 0 fully saturated rings. The highest BCUT2D eigenvalue weighted by Crippen LogP contribution is 2.15. The van der Waals surface area contributed by atoms with Crippen LogP contribution in [0.1, 0.15) is 220 Å². The molecule has 6 heteroatoms. The van der Waals surface area contributed by atoms with Crippen LogP contribution in [0.5, 0.6) is 0 Å². The third-order valence-corrected chi connectivity index (χ3v) is 8.86. The zero-order valence-corrected chi connectivity index (χ0v) is 30.9. The van der Waals surface area contributed by atoms with Crippen LogP contribution in [0.25, 0.3) is 0 Å². The van der Waals surface area contributed by atoms with Crippen molar-refractivity contribution in [2.75, 3.05) is 13.2 Å². The maximum absolute atomic E-state index is 12.5. The minimum absolute atomic E-state index is 0.0651. The van der Waals surface area contributed by atoms with Gasteiger partial charge in [-0.2, -0.15) is 0 Å². The molecule has 0 saturated carbocycles. The molecule has 0 heterocycles. The Morgan fingerprint density at radius 2 is 0.587 bits per heavy atom. The van der Waals surface area contributed by atoms with E-state index in [4.69, 9.17) is 14.2 Å². The molecule has 0 aromatic rings. The monoisotopic (exact) mass is 653 g/mol. The molecule has 0 aromatic carbocycles. The second-order valence-corrected chi connectivity index (χ2v) is 13.6. The third kappa shape index (κ3) is 33.8. The molecular formula is C40H76O6. The molecule has 46 heavy (non-hydrogen) atoms. The largest absolute Gasteiger partial charge is 0.462 e. The molecule has 0 aliphatic carbocycles. The number of unbranched alkanes of at least 4 members (excludes halogenated alkanes) is 25. The fourth-order valence-corrected chi connectivity index (χ4v) is 5.79. The lowest BCUT2D eigenvalue weighted by Gasteiger charge is -2.18. The van der Waals surface area contributed by atoms with Crippen LogP contribution in [-0.4, -0.2) is 37.2 Å². The maximum atomic E-state index is 12.5. The van der Waals surface area contributed by atoms with Crippen molar-refractivity contribution >= 4 is 17.9 Å². The minimum atomic E-state index is -0.754. The van der Waals surface area contributed by atoms with Gasteiger partial charge in [0.25, 0.3) is 0 Å². The Bertz CT molecular complexity index is 679. The highest BCUT2D eigenvalue weighted by Gasteiger charge is 2.19. The molecule has 6 nitrogen and oxygen atoms in total. The quantitative estimate of drug-likeness (QED) is 0.0381. The lowest BCUT2D eigenvalue weighted by atomic mass is 10.0. The number of carbonyl (C=O) groups is 3. The molecule has 0 bridgehead atoms. The molecule has 0 aliphatic heterocycles. The van der Waals surface area contributed by atoms with Crippen LogP contribution in [0.3, 0.4) is 0 Å². The molecule has 0 spiro atoms. The van der Waals surface area contributed by atoms with Gasteiger partial charge in [-0.25, -0.2) is 0 Å². The number of carbonyl (C=O) groups excluding carboxylic acids is 3. The first-order chi connectivity index (χ1) is 22.5. The Kier molecular flexibility index (Phi) is 35.0. The summed E-state index contributed by atoms with van der Waals surface area (Å²) in [4.78, 5) is 37.2. The normalized spacial score (nSPS) is 11.8. The predicted octanol–water partition coefficient (Wildman–Crippen LogP) is 12.1. The van der Waals surface area contributed by atoms with Gasteiger partial charge < -0.3 is 14.2 Å². The summed E-state index contributed by atoms with van der Waals surface area (Å²) >= 11 is 0. The highest BCUT2D eigenvalue weighted by molar-refractivity contribution is 5.71.